The molecule has 0 aromatic carbocycles. The molecule has 0 aromatic rings. The molecule has 0 amide bonds. The van der Waals surface area contributed by atoms with Gasteiger partial charge in [0, 0.05) is 25.7 Å². The van der Waals surface area contributed by atoms with E-state index in [9.17, 15) is 0 Å². The number of hydrogen-bond donors (Lipinski definition) is 1. The molecule has 0 spiro atoms. The lowest BCUT2D eigenvalue weighted by Crippen LogP contribution is -2.43. The van der Waals surface area contributed by atoms with E-state index in [0.29, 0.717) is 6.04 Å². The third-order valence-electron chi connectivity index (χ3n) is 2.77. The first kappa shape index (κ1) is 11.0. The van der Waals surface area contributed by atoms with Crippen molar-refractivity contribution in [3.05, 3.63) is 0 Å². The molecule has 0 heterocycles. The van der Waals surface area contributed by atoms with Crippen molar-refractivity contribution in [1.29, 1.82) is 0 Å². The zero-order valence-corrected chi connectivity index (χ0v) is 9.16. The Morgan fingerprint density at radius 3 is 2.23 bits per heavy atom. The highest BCUT2D eigenvalue weighted by molar-refractivity contribution is 4.83. The van der Waals surface area contributed by atoms with E-state index >= 15 is 0 Å². The van der Waals surface area contributed by atoms with E-state index in [1.54, 1.807) is 0 Å². The lowest BCUT2D eigenvalue weighted by Gasteiger charge is -2.35. The third-order valence-corrected chi connectivity index (χ3v) is 2.77. The van der Waals surface area contributed by atoms with Crippen LogP contribution in [0.1, 0.15) is 12.8 Å². The molecule has 1 aliphatic carbocycles. The molecule has 3 heteroatoms. The average molecular weight is 185 g/mol. The standard InChI is InChI=1S/C10H23N3/c1-12(2)4-5-13(3)8-9-6-10(11)7-9/h9-10H,4-8,11H2,1-3H3. The van der Waals surface area contributed by atoms with E-state index in [4.69, 9.17) is 5.73 Å². The fourth-order valence-corrected chi connectivity index (χ4v) is 1.84. The van der Waals surface area contributed by atoms with Gasteiger partial charge in [0.15, 0.2) is 0 Å². The molecule has 1 fully saturated rings. The van der Waals surface area contributed by atoms with E-state index in [0.717, 1.165) is 12.5 Å². The summed E-state index contributed by atoms with van der Waals surface area (Å²) < 4.78 is 0. The molecule has 0 aliphatic heterocycles. The topological polar surface area (TPSA) is 32.5 Å². The van der Waals surface area contributed by atoms with Crippen molar-refractivity contribution in [3.63, 3.8) is 0 Å². The van der Waals surface area contributed by atoms with Crippen LogP contribution in [-0.4, -0.2) is 56.6 Å². The van der Waals surface area contributed by atoms with Crippen molar-refractivity contribution in [2.75, 3.05) is 40.8 Å². The molecule has 1 saturated carbocycles. The second kappa shape index (κ2) is 4.94. The molecule has 13 heavy (non-hydrogen) atoms. The Morgan fingerprint density at radius 1 is 1.15 bits per heavy atom. The van der Waals surface area contributed by atoms with Crippen LogP contribution >= 0.6 is 0 Å². The van der Waals surface area contributed by atoms with Crippen LogP contribution in [-0.2, 0) is 0 Å². The Hall–Kier alpha value is -0.120. The third kappa shape index (κ3) is 4.07. The van der Waals surface area contributed by atoms with Crippen molar-refractivity contribution in [2.45, 2.75) is 18.9 Å². The van der Waals surface area contributed by atoms with Gasteiger partial charge in [-0.05, 0) is 39.9 Å². The Morgan fingerprint density at radius 2 is 1.77 bits per heavy atom. The quantitative estimate of drug-likeness (QED) is 0.665. The predicted octanol–water partition coefficient (Wildman–Crippen LogP) is 0.217. The summed E-state index contributed by atoms with van der Waals surface area (Å²) in [5, 5.41) is 0. The first-order chi connectivity index (χ1) is 6.08. The highest BCUT2D eigenvalue weighted by atomic mass is 15.1. The minimum absolute atomic E-state index is 0.493. The van der Waals surface area contributed by atoms with Crippen LogP contribution in [0, 0.1) is 5.92 Å². The smallest absolute Gasteiger partial charge is 0.0106 e. The second-order valence-electron chi connectivity index (χ2n) is 4.66. The van der Waals surface area contributed by atoms with E-state index in [-0.39, 0.29) is 0 Å². The molecular weight excluding hydrogens is 162 g/mol. The van der Waals surface area contributed by atoms with Crippen LogP contribution in [0.4, 0.5) is 0 Å². The number of nitrogens with zero attached hydrogens (tertiary/aromatic N) is 2. The molecule has 0 unspecified atom stereocenters. The Kier molecular flexibility index (Phi) is 4.16. The first-order valence-corrected chi connectivity index (χ1v) is 5.16. The van der Waals surface area contributed by atoms with Crippen LogP contribution in [0.2, 0.25) is 0 Å². The number of nitrogens with two attached hydrogens (primary N) is 1. The maximum atomic E-state index is 5.74. The summed E-state index contributed by atoms with van der Waals surface area (Å²) in [6, 6.07) is 0.493. The summed E-state index contributed by atoms with van der Waals surface area (Å²) in [4.78, 5) is 4.64. The first-order valence-electron chi connectivity index (χ1n) is 5.16. The van der Waals surface area contributed by atoms with Crippen LogP contribution in [0.3, 0.4) is 0 Å². The van der Waals surface area contributed by atoms with Gasteiger partial charge < -0.3 is 15.5 Å². The fraction of sp³-hybridized carbons (Fsp3) is 1.00. The van der Waals surface area contributed by atoms with Gasteiger partial charge in [-0.3, -0.25) is 0 Å². The van der Waals surface area contributed by atoms with Gasteiger partial charge in [0.2, 0.25) is 0 Å². The molecule has 0 atom stereocenters. The Bertz CT molecular complexity index is 141. The summed E-state index contributed by atoms with van der Waals surface area (Å²) in [5.41, 5.74) is 5.74. The predicted molar refractivity (Wildman–Crippen MR) is 56.8 cm³/mol. The van der Waals surface area contributed by atoms with Gasteiger partial charge in [0.1, 0.15) is 0 Å². The summed E-state index contributed by atoms with van der Waals surface area (Å²) in [5.74, 6) is 0.863. The molecule has 2 N–H and O–H groups in total. The highest BCUT2D eigenvalue weighted by Gasteiger charge is 2.26. The monoisotopic (exact) mass is 185 g/mol. The van der Waals surface area contributed by atoms with Crippen molar-refractivity contribution < 1.29 is 0 Å². The molecular formula is C10H23N3. The number of likely N-dealkylation sites (N-methyl/N-ethyl adjacent to an activating group) is 2. The van der Waals surface area contributed by atoms with Crippen molar-refractivity contribution in [2.24, 2.45) is 11.7 Å². The normalized spacial score (nSPS) is 28.2. The van der Waals surface area contributed by atoms with E-state index < -0.39 is 0 Å². The molecule has 0 aromatic heterocycles. The van der Waals surface area contributed by atoms with E-state index in [2.05, 4.69) is 30.9 Å². The fourth-order valence-electron chi connectivity index (χ4n) is 1.84. The zero-order chi connectivity index (χ0) is 9.84. The summed E-state index contributed by atoms with van der Waals surface area (Å²) >= 11 is 0. The summed E-state index contributed by atoms with van der Waals surface area (Å²) in [6.45, 7) is 3.54. The SMILES string of the molecule is CN(C)CCN(C)CC1CC(N)C1. The van der Waals surface area contributed by atoms with Crippen molar-refractivity contribution in [1.82, 2.24) is 9.80 Å². The lowest BCUT2D eigenvalue weighted by atomic mass is 9.81. The minimum Gasteiger partial charge on any atom is -0.328 e. The van der Waals surface area contributed by atoms with Crippen LogP contribution in [0.25, 0.3) is 0 Å². The molecule has 0 radical (unpaired) electrons. The van der Waals surface area contributed by atoms with Gasteiger partial charge >= 0.3 is 0 Å². The maximum absolute atomic E-state index is 5.74. The van der Waals surface area contributed by atoms with Crippen LogP contribution < -0.4 is 5.73 Å². The molecule has 78 valence electrons. The van der Waals surface area contributed by atoms with Gasteiger partial charge in [-0.15, -0.1) is 0 Å². The van der Waals surface area contributed by atoms with Gasteiger partial charge in [0.25, 0.3) is 0 Å². The summed E-state index contributed by atoms with van der Waals surface area (Å²) in [6.07, 6.45) is 2.46. The van der Waals surface area contributed by atoms with Gasteiger partial charge in [-0.2, -0.15) is 0 Å². The molecule has 3 nitrogen and oxygen atoms in total. The largest absolute Gasteiger partial charge is 0.328 e. The van der Waals surface area contributed by atoms with Gasteiger partial charge in [-0.25, -0.2) is 0 Å². The number of hydrogen-bond acceptors (Lipinski definition) is 3. The van der Waals surface area contributed by atoms with Gasteiger partial charge in [0.05, 0.1) is 0 Å². The Balaban J connectivity index is 2.01. The average Bonchev–Trinajstić information content (AvgIpc) is 1.98. The minimum atomic E-state index is 0.493. The highest BCUT2D eigenvalue weighted by Crippen LogP contribution is 2.25. The summed E-state index contributed by atoms with van der Waals surface area (Å²) in [7, 11) is 6.44. The molecule has 1 rings (SSSR count). The number of rotatable bonds is 5. The van der Waals surface area contributed by atoms with Crippen molar-refractivity contribution in [3.8, 4) is 0 Å². The van der Waals surface area contributed by atoms with E-state index in [1.807, 2.05) is 0 Å². The van der Waals surface area contributed by atoms with E-state index in [1.165, 1.54) is 25.9 Å². The molecule has 0 bridgehead atoms. The second-order valence-corrected chi connectivity index (χ2v) is 4.66. The lowest BCUT2D eigenvalue weighted by molar-refractivity contribution is 0.174. The van der Waals surface area contributed by atoms with Crippen LogP contribution in [0.5, 0.6) is 0 Å². The Labute approximate surface area is 81.9 Å². The van der Waals surface area contributed by atoms with Crippen LogP contribution in [0.15, 0.2) is 0 Å². The maximum Gasteiger partial charge on any atom is 0.0106 e. The zero-order valence-electron chi connectivity index (χ0n) is 9.16. The molecule has 1 aliphatic rings. The van der Waals surface area contributed by atoms with Gasteiger partial charge in [-0.1, -0.05) is 0 Å². The van der Waals surface area contributed by atoms with Crippen molar-refractivity contribution >= 4 is 0 Å². The molecule has 0 saturated heterocycles.